The molecule has 0 heterocycles. The maximum Gasteiger partial charge on any atom is 0.105 e. The fraction of sp³-hybridized carbons (Fsp3) is 0.533. The van der Waals surface area contributed by atoms with E-state index in [1.807, 2.05) is 18.2 Å². The van der Waals surface area contributed by atoms with Crippen molar-refractivity contribution in [3.05, 3.63) is 28.8 Å². The molecule has 1 aromatic carbocycles. The van der Waals surface area contributed by atoms with Crippen molar-refractivity contribution in [3.8, 4) is 0 Å². The standard InChI is InChI=1S/C15H21ClN2S/c1-9-3-6-14(10(2)7-9)18-11-4-5-12(15(17)19)13(16)8-11/h4-5,8-10,14,18H,3,6-7H2,1-2H3,(H2,17,19). The zero-order valence-corrected chi connectivity index (χ0v) is 13.0. The van der Waals surface area contributed by atoms with Crippen molar-refractivity contribution in [1.29, 1.82) is 0 Å². The lowest BCUT2D eigenvalue weighted by atomic mass is 9.80. The molecule has 19 heavy (non-hydrogen) atoms. The summed E-state index contributed by atoms with van der Waals surface area (Å²) in [4.78, 5) is 0.344. The Bertz CT molecular complexity index is 475. The highest BCUT2D eigenvalue weighted by atomic mass is 35.5. The Morgan fingerprint density at radius 1 is 1.37 bits per heavy atom. The van der Waals surface area contributed by atoms with E-state index < -0.39 is 0 Å². The fourth-order valence-electron chi connectivity index (χ4n) is 2.90. The molecule has 0 aromatic heterocycles. The molecule has 2 nitrogen and oxygen atoms in total. The van der Waals surface area contributed by atoms with Gasteiger partial charge in [-0.3, -0.25) is 0 Å². The topological polar surface area (TPSA) is 38.0 Å². The van der Waals surface area contributed by atoms with Gasteiger partial charge in [-0.2, -0.15) is 0 Å². The van der Waals surface area contributed by atoms with Crippen LogP contribution in [-0.4, -0.2) is 11.0 Å². The molecule has 1 aliphatic carbocycles. The molecule has 3 unspecified atom stereocenters. The molecule has 1 saturated carbocycles. The molecular weight excluding hydrogens is 276 g/mol. The molecule has 0 aliphatic heterocycles. The summed E-state index contributed by atoms with van der Waals surface area (Å²) in [6, 6.07) is 6.35. The van der Waals surface area contributed by atoms with Crippen molar-refractivity contribution in [2.45, 2.75) is 39.2 Å². The van der Waals surface area contributed by atoms with E-state index in [9.17, 15) is 0 Å². The van der Waals surface area contributed by atoms with E-state index in [2.05, 4.69) is 19.2 Å². The normalized spacial score (nSPS) is 27.0. The molecule has 104 valence electrons. The summed E-state index contributed by atoms with van der Waals surface area (Å²) >= 11 is 11.2. The van der Waals surface area contributed by atoms with Gasteiger partial charge < -0.3 is 11.1 Å². The van der Waals surface area contributed by atoms with Gasteiger partial charge in [0.1, 0.15) is 4.99 Å². The van der Waals surface area contributed by atoms with Gasteiger partial charge in [0.15, 0.2) is 0 Å². The molecule has 3 atom stereocenters. The maximum atomic E-state index is 6.19. The van der Waals surface area contributed by atoms with E-state index in [1.54, 1.807) is 0 Å². The van der Waals surface area contributed by atoms with Crippen molar-refractivity contribution in [1.82, 2.24) is 0 Å². The minimum absolute atomic E-state index is 0.344. The molecule has 2 rings (SSSR count). The average molecular weight is 297 g/mol. The molecule has 0 amide bonds. The van der Waals surface area contributed by atoms with E-state index in [0.717, 1.165) is 17.2 Å². The van der Waals surface area contributed by atoms with Crippen LogP contribution < -0.4 is 11.1 Å². The second-order valence-corrected chi connectivity index (χ2v) is 6.55. The number of hydrogen-bond donors (Lipinski definition) is 2. The van der Waals surface area contributed by atoms with Crippen molar-refractivity contribution in [2.75, 3.05) is 5.32 Å². The van der Waals surface area contributed by atoms with Crippen LogP contribution in [0.15, 0.2) is 18.2 Å². The Morgan fingerprint density at radius 3 is 2.68 bits per heavy atom. The average Bonchev–Trinajstić information content (AvgIpc) is 2.32. The van der Waals surface area contributed by atoms with Crippen molar-refractivity contribution < 1.29 is 0 Å². The summed E-state index contributed by atoms with van der Waals surface area (Å²) in [5.74, 6) is 1.53. The van der Waals surface area contributed by atoms with Crippen molar-refractivity contribution in [3.63, 3.8) is 0 Å². The third-order valence-electron chi connectivity index (χ3n) is 4.02. The number of rotatable bonds is 3. The van der Waals surface area contributed by atoms with Crippen LogP contribution in [0.1, 0.15) is 38.7 Å². The molecule has 4 heteroatoms. The lowest BCUT2D eigenvalue weighted by Gasteiger charge is -2.34. The molecule has 1 fully saturated rings. The number of hydrogen-bond acceptors (Lipinski definition) is 2. The molecule has 0 spiro atoms. The van der Waals surface area contributed by atoms with E-state index in [-0.39, 0.29) is 0 Å². The van der Waals surface area contributed by atoms with Gasteiger partial charge in [-0.05, 0) is 49.3 Å². The smallest absolute Gasteiger partial charge is 0.105 e. The van der Waals surface area contributed by atoms with Crippen LogP contribution in [0.5, 0.6) is 0 Å². The fourth-order valence-corrected chi connectivity index (χ4v) is 3.41. The highest BCUT2D eigenvalue weighted by molar-refractivity contribution is 7.80. The summed E-state index contributed by atoms with van der Waals surface area (Å²) < 4.78 is 0. The van der Waals surface area contributed by atoms with Crippen LogP contribution in [0.2, 0.25) is 5.02 Å². The van der Waals surface area contributed by atoms with Gasteiger partial charge in [0, 0.05) is 17.3 Å². The van der Waals surface area contributed by atoms with E-state index in [1.165, 1.54) is 19.3 Å². The lowest BCUT2D eigenvalue weighted by Crippen LogP contribution is -2.33. The molecular formula is C15H21ClN2S. The lowest BCUT2D eigenvalue weighted by molar-refractivity contribution is 0.276. The Hall–Kier alpha value is -0.800. The zero-order chi connectivity index (χ0) is 14.0. The van der Waals surface area contributed by atoms with Crippen molar-refractivity contribution in [2.24, 2.45) is 17.6 Å². The van der Waals surface area contributed by atoms with Gasteiger partial charge in [0.2, 0.25) is 0 Å². The monoisotopic (exact) mass is 296 g/mol. The van der Waals surface area contributed by atoms with E-state index in [4.69, 9.17) is 29.6 Å². The summed E-state index contributed by atoms with van der Waals surface area (Å²) in [6.07, 6.45) is 3.80. The van der Waals surface area contributed by atoms with Gasteiger partial charge >= 0.3 is 0 Å². The second-order valence-electron chi connectivity index (χ2n) is 5.71. The first-order chi connectivity index (χ1) is 8.97. The number of thiocarbonyl (C=S) groups is 1. The number of halogens is 1. The molecule has 0 radical (unpaired) electrons. The first-order valence-electron chi connectivity index (χ1n) is 6.83. The van der Waals surface area contributed by atoms with Crippen LogP contribution in [0, 0.1) is 11.8 Å². The Labute approximate surface area is 125 Å². The number of anilines is 1. The van der Waals surface area contributed by atoms with Gasteiger partial charge in [0.25, 0.3) is 0 Å². The second kappa shape index (κ2) is 6.10. The number of nitrogens with two attached hydrogens (primary N) is 1. The summed E-state index contributed by atoms with van der Waals surface area (Å²) in [7, 11) is 0. The van der Waals surface area contributed by atoms with Gasteiger partial charge in [-0.1, -0.05) is 37.7 Å². The molecule has 0 saturated heterocycles. The summed E-state index contributed by atoms with van der Waals surface area (Å²) in [6.45, 7) is 4.65. The summed E-state index contributed by atoms with van der Waals surface area (Å²) in [5, 5.41) is 4.21. The van der Waals surface area contributed by atoms with Gasteiger partial charge in [0.05, 0.1) is 5.02 Å². The molecule has 1 aliphatic rings. The first kappa shape index (κ1) is 14.6. The third kappa shape index (κ3) is 3.61. The van der Waals surface area contributed by atoms with Crippen LogP contribution in [-0.2, 0) is 0 Å². The van der Waals surface area contributed by atoms with Crippen LogP contribution in [0.25, 0.3) is 0 Å². The van der Waals surface area contributed by atoms with Crippen LogP contribution >= 0.6 is 23.8 Å². The number of benzene rings is 1. The Balaban J connectivity index is 2.07. The van der Waals surface area contributed by atoms with E-state index in [0.29, 0.717) is 22.0 Å². The third-order valence-corrected chi connectivity index (χ3v) is 4.55. The minimum Gasteiger partial charge on any atom is -0.389 e. The zero-order valence-electron chi connectivity index (χ0n) is 11.4. The maximum absolute atomic E-state index is 6.19. The van der Waals surface area contributed by atoms with Gasteiger partial charge in [-0.25, -0.2) is 0 Å². The van der Waals surface area contributed by atoms with Crippen molar-refractivity contribution >= 4 is 34.5 Å². The number of nitrogens with one attached hydrogen (secondary N) is 1. The quantitative estimate of drug-likeness (QED) is 0.821. The molecule has 0 bridgehead atoms. The summed E-state index contributed by atoms with van der Waals surface area (Å²) in [5.41, 5.74) is 7.41. The Kier molecular flexibility index (Phi) is 4.69. The molecule has 1 aromatic rings. The first-order valence-corrected chi connectivity index (χ1v) is 7.62. The highest BCUT2D eigenvalue weighted by Crippen LogP contribution is 2.31. The minimum atomic E-state index is 0.344. The SMILES string of the molecule is CC1CCC(Nc2ccc(C(N)=S)c(Cl)c2)C(C)C1. The largest absolute Gasteiger partial charge is 0.389 e. The predicted octanol–water partition coefficient (Wildman–Crippen LogP) is 4.21. The highest BCUT2D eigenvalue weighted by Gasteiger charge is 2.25. The Morgan fingerprint density at radius 2 is 2.11 bits per heavy atom. The van der Waals surface area contributed by atoms with E-state index >= 15 is 0 Å². The van der Waals surface area contributed by atoms with Crippen LogP contribution in [0.3, 0.4) is 0 Å². The predicted molar refractivity (Wildman–Crippen MR) is 86.9 cm³/mol. The molecule has 3 N–H and O–H groups in total. The van der Waals surface area contributed by atoms with Crippen LogP contribution in [0.4, 0.5) is 5.69 Å². The van der Waals surface area contributed by atoms with Gasteiger partial charge in [-0.15, -0.1) is 0 Å².